The molecule has 2 N–H and O–H groups in total. The summed E-state index contributed by atoms with van der Waals surface area (Å²) in [5.41, 5.74) is 5.54. The van der Waals surface area contributed by atoms with E-state index in [9.17, 15) is 9.00 Å². The van der Waals surface area contributed by atoms with Crippen molar-refractivity contribution in [3.05, 3.63) is 0 Å². The van der Waals surface area contributed by atoms with Crippen molar-refractivity contribution in [1.29, 1.82) is 0 Å². The van der Waals surface area contributed by atoms with E-state index in [4.69, 9.17) is 5.73 Å². The molecule has 6 heteroatoms. The Labute approximate surface area is 99.4 Å². The quantitative estimate of drug-likeness (QED) is 0.723. The van der Waals surface area contributed by atoms with Crippen molar-refractivity contribution in [3.63, 3.8) is 0 Å². The molecule has 1 fully saturated rings. The van der Waals surface area contributed by atoms with Gasteiger partial charge in [-0.1, -0.05) is 0 Å². The van der Waals surface area contributed by atoms with Gasteiger partial charge in [-0.3, -0.25) is 9.00 Å². The Balaban J connectivity index is 0.00000196. The van der Waals surface area contributed by atoms with Crippen molar-refractivity contribution in [1.82, 2.24) is 4.90 Å². The fourth-order valence-corrected chi connectivity index (χ4v) is 2.96. The second kappa shape index (κ2) is 5.82. The van der Waals surface area contributed by atoms with E-state index in [1.807, 2.05) is 13.8 Å². The zero-order valence-corrected chi connectivity index (χ0v) is 10.9. The lowest BCUT2D eigenvalue weighted by Gasteiger charge is -2.38. The number of nitrogens with two attached hydrogens (primary N) is 1. The third-order valence-electron chi connectivity index (χ3n) is 2.79. The van der Waals surface area contributed by atoms with Crippen LogP contribution in [-0.4, -0.2) is 44.6 Å². The van der Waals surface area contributed by atoms with E-state index in [1.165, 1.54) is 0 Å². The van der Waals surface area contributed by atoms with Gasteiger partial charge in [0, 0.05) is 29.1 Å². The van der Waals surface area contributed by atoms with Crippen molar-refractivity contribution in [2.75, 3.05) is 12.3 Å². The van der Waals surface area contributed by atoms with Crippen LogP contribution in [0.25, 0.3) is 0 Å². The third kappa shape index (κ3) is 3.16. The summed E-state index contributed by atoms with van der Waals surface area (Å²) in [6, 6.07) is -0.431. The molecule has 4 atom stereocenters. The smallest absolute Gasteiger partial charge is 0.239 e. The molecule has 1 saturated heterocycles. The molecule has 0 radical (unpaired) electrons. The lowest BCUT2D eigenvalue weighted by atomic mass is 10.2. The standard InChI is InChI=1S/C9H18N2O2S.ClH/c1-6(10)9(12)11-4-5-14(13)8(3)7(11)2;/h6-8H,4-5,10H2,1-3H3;1H/t6-,7?,8?,14?;/m0./s1. The lowest BCUT2D eigenvalue weighted by Crippen LogP contribution is -2.55. The number of carbonyl (C=O) groups excluding carboxylic acids is 1. The Morgan fingerprint density at radius 2 is 2.07 bits per heavy atom. The summed E-state index contributed by atoms with van der Waals surface area (Å²) in [5, 5.41) is 0.0476. The van der Waals surface area contributed by atoms with Crippen molar-refractivity contribution in [3.8, 4) is 0 Å². The molecule has 0 aromatic heterocycles. The summed E-state index contributed by atoms with van der Waals surface area (Å²) in [6.45, 7) is 6.10. The van der Waals surface area contributed by atoms with Gasteiger partial charge in [0.15, 0.2) is 0 Å². The molecular formula is C9H19ClN2O2S. The monoisotopic (exact) mass is 254 g/mol. The minimum absolute atomic E-state index is 0. The van der Waals surface area contributed by atoms with Gasteiger partial charge >= 0.3 is 0 Å². The Morgan fingerprint density at radius 3 is 2.53 bits per heavy atom. The highest BCUT2D eigenvalue weighted by molar-refractivity contribution is 7.85. The predicted octanol–water partition coefficient (Wildman–Crippen LogP) is 0.123. The van der Waals surface area contributed by atoms with E-state index in [0.29, 0.717) is 12.3 Å². The Hall–Kier alpha value is -0.130. The topological polar surface area (TPSA) is 63.4 Å². The molecule has 0 bridgehead atoms. The molecular weight excluding hydrogens is 236 g/mol. The normalized spacial score (nSPS) is 33.1. The van der Waals surface area contributed by atoms with Crippen molar-refractivity contribution >= 4 is 29.1 Å². The average molecular weight is 255 g/mol. The van der Waals surface area contributed by atoms with Gasteiger partial charge in [0.05, 0.1) is 11.3 Å². The molecule has 0 aromatic rings. The van der Waals surface area contributed by atoms with Crippen LogP contribution in [0.5, 0.6) is 0 Å². The molecule has 15 heavy (non-hydrogen) atoms. The highest BCUT2D eigenvalue weighted by Crippen LogP contribution is 2.16. The first-order valence-corrected chi connectivity index (χ1v) is 6.26. The maximum absolute atomic E-state index is 11.7. The van der Waals surface area contributed by atoms with Crippen LogP contribution < -0.4 is 5.73 Å². The van der Waals surface area contributed by atoms with Crippen molar-refractivity contribution < 1.29 is 9.00 Å². The predicted molar refractivity (Wildman–Crippen MR) is 64.5 cm³/mol. The number of carbonyl (C=O) groups is 1. The molecule has 0 spiro atoms. The minimum atomic E-state index is -0.800. The van der Waals surface area contributed by atoms with Gasteiger partial charge in [-0.2, -0.15) is 0 Å². The fraction of sp³-hybridized carbons (Fsp3) is 0.889. The Morgan fingerprint density at radius 1 is 1.53 bits per heavy atom. The number of rotatable bonds is 1. The number of amides is 1. The van der Waals surface area contributed by atoms with E-state index < -0.39 is 16.8 Å². The molecule has 1 heterocycles. The number of nitrogens with zero attached hydrogens (tertiary/aromatic N) is 1. The van der Waals surface area contributed by atoms with Gasteiger partial charge < -0.3 is 10.6 Å². The number of hydrogen-bond donors (Lipinski definition) is 1. The van der Waals surface area contributed by atoms with Crippen LogP contribution in [0.15, 0.2) is 0 Å². The Bertz CT molecular complexity index is 260. The molecule has 0 saturated carbocycles. The molecule has 1 aliphatic rings. The van der Waals surface area contributed by atoms with E-state index in [2.05, 4.69) is 0 Å². The van der Waals surface area contributed by atoms with Crippen LogP contribution in [0, 0.1) is 0 Å². The zero-order valence-electron chi connectivity index (χ0n) is 9.30. The van der Waals surface area contributed by atoms with Crippen molar-refractivity contribution in [2.45, 2.75) is 38.1 Å². The molecule has 4 nitrogen and oxygen atoms in total. The first kappa shape index (κ1) is 14.9. The van der Waals surface area contributed by atoms with Gasteiger partial charge in [0.2, 0.25) is 5.91 Å². The molecule has 1 aliphatic heterocycles. The molecule has 0 aromatic carbocycles. The van der Waals surface area contributed by atoms with Crippen LogP contribution in [0.1, 0.15) is 20.8 Å². The van der Waals surface area contributed by atoms with E-state index in [-0.39, 0.29) is 29.6 Å². The second-order valence-corrected chi connectivity index (χ2v) is 5.76. The third-order valence-corrected chi connectivity index (χ3v) is 4.60. The van der Waals surface area contributed by atoms with Crippen LogP contribution in [0.3, 0.4) is 0 Å². The van der Waals surface area contributed by atoms with Crippen LogP contribution in [-0.2, 0) is 15.6 Å². The molecule has 90 valence electrons. The Kier molecular flexibility index (Phi) is 5.77. The minimum Gasteiger partial charge on any atom is -0.337 e. The zero-order chi connectivity index (χ0) is 10.9. The van der Waals surface area contributed by atoms with Gasteiger partial charge in [-0.25, -0.2) is 0 Å². The number of halogens is 1. The maximum Gasteiger partial charge on any atom is 0.239 e. The van der Waals surface area contributed by atoms with Crippen LogP contribution in [0.4, 0.5) is 0 Å². The summed E-state index contributed by atoms with van der Waals surface area (Å²) < 4.78 is 11.5. The largest absolute Gasteiger partial charge is 0.337 e. The lowest BCUT2D eigenvalue weighted by molar-refractivity contribution is -0.134. The van der Waals surface area contributed by atoms with Crippen molar-refractivity contribution in [2.24, 2.45) is 5.73 Å². The van der Waals surface area contributed by atoms with Gasteiger partial charge in [-0.15, -0.1) is 12.4 Å². The highest BCUT2D eigenvalue weighted by Gasteiger charge is 2.33. The van der Waals surface area contributed by atoms with E-state index in [0.717, 1.165) is 0 Å². The van der Waals surface area contributed by atoms with Gasteiger partial charge in [0.1, 0.15) is 0 Å². The summed E-state index contributed by atoms with van der Waals surface area (Å²) in [4.78, 5) is 13.4. The first-order valence-electron chi connectivity index (χ1n) is 4.88. The maximum atomic E-state index is 11.7. The van der Waals surface area contributed by atoms with Crippen LogP contribution >= 0.6 is 12.4 Å². The molecule has 1 amide bonds. The molecule has 0 aliphatic carbocycles. The number of hydrogen-bond acceptors (Lipinski definition) is 3. The van der Waals surface area contributed by atoms with Crippen LogP contribution in [0.2, 0.25) is 0 Å². The first-order chi connectivity index (χ1) is 6.45. The average Bonchev–Trinajstić information content (AvgIpc) is 2.13. The van der Waals surface area contributed by atoms with E-state index in [1.54, 1.807) is 11.8 Å². The summed E-state index contributed by atoms with van der Waals surface area (Å²) >= 11 is 0. The SMILES string of the molecule is CC1C(C)S(=O)CCN1C(=O)[C@H](C)N.Cl. The summed E-state index contributed by atoms with van der Waals surface area (Å²) in [6.07, 6.45) is 0. The van der Waals surface area contributed by atoms with Gasteiger partial charge in [0.25, 0.3) is 0 Å². The summed E-state index contributed by atoms with van der Waals surface area (Å²) in [7, 11) is -0.800. The second-order valence-electron chi connectivity index (χ2n) is 3.85. The van der Waals surface area contributed by atoms with E-state index >= 15 is 0 Å². The summed E-state index contributed by atoms with van der Waals surface area (Å²) in [5.74, 6) is 0.533. The van der Waals surface area contributed by atoms with Gasteiger partial charge in [-0.05, 0) is 20.8 Å². The fourth-order valence-electron chi connectivity index (χ4n) is 1.62. The highest BCUT2D eigenvalue weighted by atomic mass is 35.5. The molecule has 1 rings (SSSR count). The molecule has 3 unspecified atom stereocenters.